The van der Waals surface area contributed by atoms with E-state index in [2.05, 4.69) is 22.2 Å². The van der Waals surface area contributed by atoms with Crippen molar-refractivity contribution in [1.29, 1.82) is 0 Å². The average Bonchev–Trinajstić information content (AvgIpc) is 2.63. The molecule has 1 N–H and O–H groups in total. The number of amides is 1. The molecule has 1 aliphatic heterocycles. The Bertz CT molecular complexity index is 640. The summed E-state index contributed by atoms with van der Waals surface area (Å²) in [6.07, 6.45) is 6.56. The van der Waals surface area contributed by atoms with Gasteiger partial charge in [-0.05, 0) is 63.7 Å². The first-order valence-electron chi connectivity index (χ1n) is 10.2. The van der Waals surface area contributed by atoms with Gasteiger partial charge in [0.05, 0.1) is 15.7 Å². The molecule has 1 heterocycles. The second-order valence-electron chi connectivity index (χ2n) is 8.04. The van der Waals surface area contributed by atoms with E-state index in [1.54, 1.807) is 0 Å². The number of anilines is 1. The smallest absolute Gasteiger partial charge is 0.219 e. The maximum atomic E-state index is 11.5. The number of halogens is 2. The quantitative estimate of drug-likeness (QED) is 0.712. The van der Waals surface area contributed by atoms with E-state index >= 15 is 0 Å². The number of benzene rings is 1. The minimum Gasteiger partial charge on any atom is -0.367 e. The Morgan fingerprint density at radius 1 is 1.22 bits per heavy atom. The van der Waals surface area contributed by atoms with Crippen LogP contribution in [-0.4, -0.2) is 49.6 Å². The lowest BCUT2D eigenvalue weighted by molar-refractivity contribution is -0.121. The summed E-state index contributed by atoms with van der Waals surface area (Å²) in [5.41, 5.74) is 1.04. The van der Waals surface area contributed by atoms with E-state index in [-0.39, 0.29) is 5.91 Å². The number of nitrogens with one attached hydrogen (secondary N) is 1. The predicted molar refractivity (Wildman–Crippen MR) is 114 cm³/mol. The molecular formula is C21H31Cl2N3O. The fourth-order valence-electron chi connectivity index (χ4n) is 4.16. The molecular weight excluding hydrogens is 381 g/mol. The van der Waals surface area contributed by atoms with E-state index in [1.165, 1.54) is 19.3 Å². The van der Waals surface area contributed by atoms with Crippen LogP contribution in [0.1, 0.15) is 45.4 Å². The summed E-state index contributed by atoms with van der Waals surface area (Å²) >= 11 is 12.5. The van der Waals surface area contributed by atoms with E-state index in [0.717, 1.165) is 44.1 Å². The molecule has 0 unspecified atom stereocenters. The van der Waals surface area contributed by atoms with Crippen molar-refractivity contribution in [3.8, 4) is 0 Å². The Morgan fingerprint density at radius 2 is 1.93 bits per heavy atom. The van der Waals surface area contributed by atoms with Gasteiger partial charge in [-0.1, -0.05) is 36.2 Å². The largest absolute Gasteiger partial charge is 0.367 e. The van der Waals surface area contributed by atoms with Crippen LogP contribution in [-0.2, 0) is 4.79 Å². The van der Waals surface area contributed by atoms with Crippen molar-refractivity contribution in [2.75, 3.05) is 31.6 Å². The molecule has 4 nitrogen and oxygen atoms in total. The van der Waals surface area contributed by atoms with Gasteiger partial charge in [-0.15, -0.1) is 0 Å². The first-order chi connectivity index (χ1) is 13.0. The van der Waals surface area contributed by atoms with E-state index in [1.807, 2.05) is 25.1 Å². The maximum absolute atomic E-state index is 11.5. The molecule has 150 valence electrons. The normalized spacial score (nSPS) is 23.4. The van der Waals surface area contributed by atoms with Gasteiger partial charge < -0.3 is 10.2 Å². The van der Waals surface area contributed by atoms with Crippen LogP contribution in [0.15, 0.2) is 18.2 Å². The highest BCUT2D eigenvalue weighted by atomic mass is 35.5. The standard InChI is InChI=1S/C21H31Cl2N3O/c1-3-20(27)24-16-9-7-15(8-10-16)11-12-25(2)17-13-26(14-17)19-6-4-5-18(22)21(19)23/h4-6,15-17H,3,7-14H2,1-2H3,(H,24,27)/t15-,16-. The average molecular weight is 412 g/mol. The van der Waals surface area contributed by atoms with Crippen LogP contribution >= 0.6 is 23.2 Å². The molecule has 3 rings (SSSR count). The molecule has 0 atom stereocenters. The first kappa shape index (κ1) is 20.8. The maximum Gasteiger partial charge on any atom is 0.219 e. The molecule has 27 heavy (non-hydrogen) atoms. The number of hydrogen-bond donors (Lipinski definition) is 1. The van der Waals surface area contributed by atoms with E-state index < -0.39 is 0 Å². The van der Waals surface area contributed by atoms with Crippen molar-refractivity contribution in [1.82, 2.24) is 10.2 Å². The molecule has 1 saturated heterocycles. The number of carbonyl (C=O) groups is 1. The molecule has 0 spiro atoms. The summed E-state index contributed by atoms with van der Waals surface area (Å²) in [7, 11) is 2.23. The van der Waals surface area contributed by atoms with Gasteiger partial charge in [0.1, 0.15) is 0 Å². The summed E-state index contributed by atoms with van der Waals surface area (Å²) in [6.45, 7) is 5.07. The summed E-state index contributed by atoms with van der Waals surface area (Å²) in [4.78, 5) is 16.3. The Morgan fingerprint density at radius 3 is 2.59 bits per heavy atom. The summed E-state index contributed by atoms with van der Waals surface area (Å²) < 4.78 is 0. The number of hydrogen-bond acceptors (Lipinski definition) is 3. The third-order valence-corrected chi connectivity index (χ3v) is 6.99. The van der Waals surface area contributed by atoms with Crippen LogP contribution < -0.4 is 10.2 Å². The van der Waals surface area contributed by atoms with Crippen molar-refractivity contribution in [3.05, 3.63) is 28.2 Å². The number of nitrogens with zero attached hydrogens (tertiary/aromatic N) is 2. The fourth-order valence-corrected chi connectivity index (χ4v) is 4.58. The highest BCUT2D eigenvalue weighted by Gasteiger charge is 2.32. The number of likely N-dealkylation sites (N-methyl/N-ethyl adjacent to an activating group) is 1. The highest BCUT2D eigenvalue weighted by molar-refractivity contribution is 6.43. The van der Waals surface area contributed by atoms with Crippen molar-refractivity contribution in [3.63, 3.8) is 0 Å². The van der Waals surface area contributed by atoms with Gasteiger partial charge in [-0.25, -0.2) is 0 Å². The second kappa shape index (κ2) is 9.49. The van der Waals surface area contributed by atoms with Gasteiger partial charge >= 0.3 is 0 Å². The molecule has 2 fully saturated rings. The highest BCUT2D eigenvalue weighted by Crippen LogP contribution is 2.35. The lowest BCUT2D eigenvalue weighted by Gasteiger charge is -2.46. The van der Waals surface area contributed by atoms with Gasteiger partial charge in [0.15, 0.2) is 0 Å². The van der Waals surface area contributed by atoms with Crippen LogP contribution in [0.25, 0.3) is 0 Å². The van der Waals surface area contributed by atoms with Gasteiger partial charge in [0, 0.05) is 31.6 Å². The zero-order chi connectivity index (χ0) is 19.4. The third kappa shape index (κ3) is 5.30. The van der Waals surface area contributed by atoms with Gasteiger partial charge in [-0.2, -0.15) is 0 Å². The molecule has 1 aromatic rings. The van der Waals surface area contributed by atoms with Crippen LogP contribution in [0, 0.1) is 5.92 Å². The van der Waals surface area contributed by atoms with Gasteiger partial charge in [0.2, 0.25) is 5.91 Å². The third-order valence-electron chi connectivity index (χ3n) is 6.18. The molecule has 1 amide bonds. The lowest BCUT2D eigenvalue weighted by Crippen LogP contribution is -2.58. The van der Waals surface area contributed by atoms with E-state index in [4.69, 9.17) is 23.2 Å². The van der Waals surface area contributed by atoms with Crippen LogP contribution in [0.4, 0.5) is 5.69 Å². The summed E-state index contributed by atoms with van der Waals surface area (Å²) in [5, 5.41) is 4.43. The molecule has 0 radical (unpaired) electrons. The summed E-state index contributed by atoms with van der Waals surface area (Å²) in [5.74, 6) is 0.980. The first-order valence-corrected chi connectivity index (χ1v) is 10.9. The molecule has 6 heteroatoms. The zero-order valence-electron chi connectivity index (χ0n) is 16.4. The van der Waals surface area contributed by atoms with Crippen molar-refractivity contribution >= 4 is 34.8 Å². The Kier molecular flexibility index (Phi) is 7.29. The minimum atomic E-state index is 0.188. The van der Waals surface area contributed by atoms with Crippen LogP contribution in [0.2, 0.25) is 10.0 Å². The zero-order valence-corrected chi connectivity index (χ0v) is 17.9. The molecule has 1 aromatic carbocycles. The second-order valence-corrected chi connectivity index (χ2v) is 8.82. The molecule has 0 bridgehead atoms. The van der Waals surface area contributed by atoms with E-state index in [9.17, 15) is 4.79 Å². The fraction of sp³-hybridized carbons (Fsp3) is 0.667. The molecule has 1 aliphatic carbocycles. The topological polar surface area (TPSA) is 35.6 Å². The monoisotopic (exact) mass is 411 g/mol. The van der Waals surface area contributed by atoms with Crippen molar-refractivity contribution in [2.24, 2.45) is 5.92 Å². The van der Waals surface area contributed by atoms with Gasteiger partial charge in [0.25, 0.3) is 0 Å². The Hall–Kier alpha value is -0.970. The SMILES string of the molecule is CCC(=O)N[C@H]1CC[C@H](CCN(C)C2CN(c3cccc(Cl)c3Cl)C2)CC1. The van der Waals surface area contributed by atoms with Crippen molar-refractivity contribution in [2.45, 2.75) is 57.5 Å². The number of rotatable bonds is 7. The molecule has 0 aromatic heterocycles. The van der Waals surface area contributed by atoms with Gasteiger partial charge in [-0.3, -0.25) is 9.69 Å². The van der Waals surface area contributed by atoms with E-state index in [0.29, 0.717) is 28.5 Å². The molecule has 1 saturated carbocycles. The predicted octanol–water partition coefficient (Wildman–Crippen LogP) is 4.59. The molecule has 2 aliphatic rings. The van der Waals surface area contributed by atoms with Crippen LogP contribution in [0.5, 0.6) is 0 Å². The minimum absolute atomic E-state index is 0.188. The number of carbonyl (C=O) groups excluding carboxylic acids is 1. The Labute approximate surface area is 173 Å². The van der Waals surface area contributed by atoms with Crippen LogP contribution in [0.3, 0.4) is 0 Å². The summed E-state index contributed by atoms with van der Waals surface area (Å²) in [6, 6.07) is 6.81. The van der Waals surface area contributed by atoms with Crippen molar-refractivity contribution < 1.29 is 4.79 Å². The lowest BCUT2D eigenvalue weighted by atomic mass is 9.84. The Balaban J connectivity index is 1.36.